The maximum absolute atomic E-state index is 5.42. The first kappa shape index (κ1) is 9.83. The highest BCUT2D eigenvalue weighted by Gasteiger charge is 2.18. The highest BCUT2D eigenvalue weighted by molar-refractivity contribution is 5.83. The molecule has 4 heteroatoms. The third-order valence-electron chi connectivity index (χ3n) is 2.33. The zero-order valence-corrected chi connectivity index (χ0v) is 8.82. The molecule has 1 aromatic rings. The van der Waals surface area contributed by atoms with E-state index in [1.54, 1.807) is 6.21 Å². The standard InChI is InChI=1S/C11H13NO3/c1-3-9-8(6-12-13-2)4-5-10-11(9)15-7-14-10/h4-6H,3,7H2,1-2H3/b12-6+. The van der Waals surface area contributed by atoms with Gasteiger partial charge in [-0.1, -0.05) is 12.1 Å². The Balaban J connectivity index is 2.43. The lowest BCUT2D eigenvalue weighted by atomic mass is 10.0. The van der Waals surface area contributed by atoms with Crippen molar-refractivity contribution in [1.82, 2.24) is 0 Å². The Labute approximate surface area is 88.4 Å². The molecule has 0 bridgehead atoms. The second-order valence-electron chi connectivity index (χ2n) is 3.14. The van der Waals surface area contributed by atoms with Crippen LogP contribution in [0, 0.1) is 0 Å². The van der Waals surface area contributed by atoms with Crippen molar-refractivity contribution in [3.8, 4) is 11.5 Å². The summed E-state index contributed by atoms with van der Waals surface area (Å²) in [7, 11) is 1.52. The molecule has 0 amide bonds. The Morgan fingerprint density at radius 3 is 3.07 bits per heavy atom. The number of hydrogen-bond donors (Lipinski definition) is 0. The third kappa shape index (κ3) is 1.75. The zero-order chi connectivity index (χ0) is 10.7. The van der Waals surface area contributed by atoms with Crippen LogP contribution >= 0.6 is 0 Å². The molecule has 0 unspecified atom stereocenters. The second-order valence-corrected chi connectivity index (χ2v) is 3.14. The van der Waals surface area contributed by atoms with E-state index in [4.69, 9.17) is 9.47 Å². The summed E-state index contributed by atoms with van der Waals surface area (Å²) in [6.45, 7) is 2.37. The van der Waals surface area contributed by atoms with Gasteiger partial charge in [0.1, 0.15) is 7.11 Å². The first-order chi connectivity index (χ1) is 7.36. The maximum Gasteiger partial charge on any atom is 0.231 e. The summed E-state index contributed by atoms with van der Waals surface area (Å²) in [6.07, 6.45) is 2.55. The molecular formula is C11H13NO3. The van der Waals surface area contributed by atoms with Crippen LogP contribution in [0.2, 0.25) is 0 Å². The van der Waals surface area contributed by atoms with Crippen molar-refractivity contribution < 1.29 is 14.3 Å². The summed E-state index contributed by atoms with van der Waals surface area (Å²) in [5, 5.41) is 3.75. The number of hydrogen-bond acceptors (Lipinski definition) is 4. The molecule has 0 fully saturated rings. The second kappa shape index (κ2) is 4.21. The molecule has 0 atom stereocenters. The summed E-state index contributed by atoms with van der Waals surface area (Å²) in [4.78, 5) is 4.66. The van der Waals surface area contributed by atoms with E-state index >= 15 is 0 Å². The van der Waals surface area contributed by atoms with Crippen LogP contribution < -0.4 is 9.47 Å². The minimum atomic E-state index is 0.299. The van der Waals surface area contributed by atoms with E-state index in [1.807, 2.05) is 12.1 Å². The fraction of sp³-hybridized carbons (Fsp3) is 0.364. The number of oxime groups is 1. The third-order valence-corrected chi connectivity index (χ3v) is 2.33. The van der Waals surface area contributed by atoms with Crippen molar-refractivity contribution in [3.05, 3.63) is 23.3 Å². The lowest BCUT2D eigenvalue weighted by Gasteiger charge is -2.06. The molecule has 2 rings (SSSR count). The lowest BCUT2D eigenvalue weighted by Crippen LogP contribution is -1.96. The average Bonchev–Trinajstić information content (AvgIpc) is 2.73. The number of benzene rings is 1. The summed E-state index contributed by atoms with van der Waals surface area (Å²) < 4.78 is 10.7. The van der Waals surface area contributed by atoms with Crippen LogP contribution in [0.5, 0.6) is 11.5 Å². The van der Waals surface area contributed by atoms with Crippen LogP contribution in [0.15, 0.2) is 17.3 Å². The summed E-state index contributed by atoms with van der Waals surface area (Å²) in [5.74, 6) is 1.64. The highest BCUT2D eigenvalue weighted by atomic mass is 16.7. The Bertz CT molecular complexity index is 388. The highest BCUT2D eigenvalue weighted by Crippen LogP contribution is 2.37. The first-order valence-electron chi connectivity index (χ1n) is 4.84. The number of nitrogens with zero attached hydrogens (tertiary/aromatic N) is 1. The van der Waals surface area contributed by atoms with Gasteiger partial charge in [0.2, 0.25) is 6.79 Å². The van der Waals surface area contributed by atoms with E-state index in [9.17, 15) is 0 Å². The van der Waals surface area contributed by atoms with Gasteiger partial charge in [0, 0.05) is 11.1 Å². The van der Waals surface area contributed by atoms with Crippen molar-refractivity contribution in [2.24, 2.45) is 5.16 Å². The molecule has 4 nitrogen and oxygen atoms in total. The van der Waals surface area contributed by atoms with Crippen molar-refractivity contribution >= 4 is 6.21 Å². The molecule has 0 aromatic heterocycles. The molecule has 0 saturated carbocycles. The predicted molar refractivity (Wildman–Crippen MR) is 56.5 cm³/mol. The van der Waals surface area contributed by atoms with Gasteiger partial charge in [0.05, 0.1) is 6.21 Å². The van der Waals surface area contributed by atoms with E-state index in [2.05, 4.69) is 16.9 Å². The van der Waals surface area contributed by atoms with Gasteiger partial charge >= 0.3 is 0 Å². The van der Waals surface area contributed by atoms with Crippen molar-refractivity contribution in [3.63, 3.8) is 0 Å². The maximum atomic E-state index is 5.42. The zero-order valence-electron chi connectivity index (χ0n) is 8.82. The normalized spacial score (nSPS) is 13.5. The molecule has 15 heavy (non-hydrogen) atoms. The van der Waals surface area contributed by atoms with Crippen LogP contribution in [0.25, 0.3) is 0 Å². The smallest absolute Gasteiger partial charge is 0.231 e. The van der Waals surface area contributed by atoms with Crippen LogP contribution in [0.4, 0.5) is 0 Å². The van der Waals surface area contributed by atoms with Gasteiger partial charge in [-0.25, -0.2) is 0 Å². The van der Waals surface area contributed by atoms with Gasteiger partial charge in [0.25, 0.3) is 0 Å². The largest absolute Gasteiger partial charge is 0.454 e. The topological polar surface area (TPSA) is 40.0 Å². The van der Waals surface area contributed by atoms with Gasteiger partial charge in [-0.2, -0.15) is 0 Å². The monoisotopic (exact) mass is 207 g/mol. The summed E-state index contributed by atoms with van der Waals surface area (Å²) >= 11 is 0. The Morgan fingerprint density at radius 2 is 2.33 bits per heavy atom. The molecule has 0 saturated heterocycles. The summed E-state index contributed by atoms with van der Waals surface area (Å²) in [6, 6.07) is 3.84. The molecule has 0 aliphatic carbocycles. The molecule has 0 radical (unpaired) electrons. The van der Waals surface area contributed by atoms with E-state index in [0.717, 1.165) is 29.0 Å². The minimum Gasteiger partial charge on any atom is -0.454 e. The van der Waals surface area contributed by atoms with Crippen LogP contribution in [-0.4, -0.2) is 20.1 Å². The molecule has 0 N–H and O–H groups in total. The quantitative estimate of drug-likeness (QED) is 0.562. The fourth-order valence-corrected chi connectivity index (χ4v) is 1.64. The number of rotatable bonds is 3. The first-order valence-corrected chi connectivity index (χ1v) is 4.84. The average molecular weight is 207 g/mol. The van der Waals surface area contributed by atoms with Gasteiger partial charge in [-0.15, -0.1) is 0 Å². The van der Waals surface area contributed by atoms with E-state index in [-0.39, 0.29) is 0 Å². The molecular weight excluding hydrogens is 194 g/mol. The molecule has 1 heterocycles. The molecule has 80 valence electrons. The van der Waals surface area contributed by atoms with Crippen molar-refractivity contribution in [2.45, 2.75) is 13.3 Å². The Kier molecular flexibility index (Phi) is 2.76. The van der Waals surface area contributed by atoms with Crippen LogP contribution in [0.3, 0.4) is 0 Å². The van der Waals surface area contributed by atoms with E-state index in [1.165, 1.54) is 7.11 Å². The fourth-order valence-electron chi connectivity index (χ4n) is 1.64. The van der Waals surface area contributed by atoms with Crippen LogP contribution in [0.1, 0.15) is 18.1 Å². The predicted octanol–water partition coefficient (Wildman–Crippen LogP) is 1.96. The van der Waals surface area contributed by atoms with Crippen LogP contribution in [-0.2, 0) is 11.3 Å². The molecule has 1 aromatic carbocycles. The van der Waals surface area contributed by atoms with Gasteiger partial charge in [-0.05, 0) is 18.6 Å². The van der Waals surface area contributed by atoms with Gasteiger partial charge in [-0.3, -0.25) is 0 Å². The van der Waals surface area contributed by atoms with E-state index in [0.29, 0.717) is 6.79 Å². The van der Waals surface area contributed by atoms with Gasteiger partial charge < -0.3 is 14.3 Å². The van der Waals surface area contributed by atoms with Crippen molar-refractivity contribution in [1.29, 1.82) is 0 Å². The van der Waals surface area contributed by atoms with Gasteiger partial charge in [0.15, 0.2) is 11.5 Å². The minimum absolute atomic E-state index is 0.299. The Morgan fingerprint density at radius 1 is 1.47 bits per heavy atom. The lowest BCUT2D eigenvalue weighted by molar-refractivity contribution is 0.173. The summed E-state index contributed by atoms with van der Waals surface area (Å²) in [5.41, 5.74) is 2.11. The molecule has 1 aliphatic heterocycles. The Hall–Kier alpha value is -1.71. The molecule has 0 spiro atoms. The van der Waals surface area contributed by atoms with E-state index < -0.39 is 0 Å². The number of fused-ring (bicyclic) bond motifs is 1. The number of ether oxygens (including phenoxy) is 2. The SMILES string of the molecule is CCc1c(/C=N/OC)ccc2c1OCO2. The molecule has 1 aliphatic rings. The van der Waals surface area contributed by atoms with Crippen molar-refractivity contribution in [2.75, 3.05) is 13.9 Å².